The molecule has 0 saturated carbocycles. The van der Waals surface area contributed by atoms with E-state index in [4.69, 9.17) is 8.92 Å². The number of benzene rings is 3. The summed E-state index contributed by atoms with van der Waals surface area (Å²) in [5.41, 5.74) is 0.768. The third kappa shape index (κ3) is 3.28. The largest absolute Gasteiger partial charge is 0.462 e. The van der Waals surface area contributed by atoms with Crippen molar-refractivity contribution in [1.29, 1.82) is 0 Å². The first-order valence-corrected chi connectivity index (χ1v) is 10.3. The first-order chi connectivity index (χ1) is 13.4. The number of rotatable bonds is 4. The molecule has 0 unspecified atom stereocenters. The summed E-state index contributed by atoms with van der Waals surface area (Å²) < 4.78 is 36.9. The van der Waals surface area contributed by atoms with Crippen LogP contribution in [0.25, 0.3) is 10.8 Å². The Morgan fingerprint density at radius 2 is 1.71 bits per heavy atom. The lowest BCUT2D eigenvalue weighted by molar-refractivity contribution is 0.0526. The molecule has 3 aromatic rings. The number of carbonyl (C=O) groups excluding carboxylic acids is 1. The van der Waals surface area contributed by atoms with Crippen molar-refractivity contribution in [2.45, 2.75) is 12.5 Å². The van der Waals surface area contributed by atoms with E-state index in [2.05, 4.69) is 4.72 Å². The topological polar surface area (TPSA) is 81.7 Å². The van der Waals surface area contributed by atoms with Gasteiger partial charge in [-0.1, -0.05) is 48.5 Å². The molecular formula is C21H19NO5S. The molecule has 0 aromatic heterocycles. The minimum Gasteiger partial charge on any atom is -0.462 e. The van der Waals surface area contributed by atoms with Gasteiger partial charge in [0.1, 0.15) is 5.54 Å². The van der Waals surface area contributed by atoms with Gasteiger partial charge in [-0.25, -0.2) is 4.79 Å². The normalized spacial score (nSPS) is 20.9. The molecule has 1 aliphatic rings. The predicted molar refractivity (Wildman–Crippen MR) is 105 cm³/mol. The van der Waals surface area contributed by atoms with Crippen molar-refractivity contribution in [2.75, 3.05) is 13.2 Å². The molecule has 0 radical (unpaired) electrons. The van der Waals surface area contributed by atoms with Crippen molar-refractivity contribution >= 4 is 27.0 Å². The Hall–Kier alpha value is -2.74. The maximum atomic E-state index is 12.1. The van der Waals surface area contributed by atoms with Crippen molar-refractivity contribution in [3.63, 3.8) is 0 Å². The molecule has 1 fully saturated rings. The van der Waals surface area contributed by atoms with Crippen LogP contribution in [0.5, 0.6) is 0 Å². The number of carbonyl (C=O) groups is 1. The summed E-state index contributed by atoms with van der Waals surface area (Å²) in [4.78, 5) is 11.9. The van der Waals surface area contributed by atoms with Gasteiger partial charge in [0.2, 0.25) is 0 Å². The smallest absolute Gasteiger partial charge is 0.338 e. The number of hydrogen-bond acceptors (Lipinski definition) is 5. The quantitative estimate of drug-likeness (QED) is 0.684. The molecule has 6 nitrogen and oxygen atoms in total. The second-order valence-electron chi connectivity index (χ2n) is 6.58. The molecule has 1 atom stereocenters. The molecule has 0 bridgehead atoms. The summed E-state index contributed by atoms with van der Waals surface area (Å²) in [6, 6.07) is 20.3. The van der Waals surface area contributed by atoms with Crippen LogP contribution in [0, 0.1) is 0 Å². The second kappa shape index (κ2) is 7.01. The molecule has 1 N–H and O–H groups in total. The van der Waals surface area contributed by atoms with Crippen molar-refractivity contribution in [3.8, 4) is 0 Å². The van der Waals surface area contributed by atoms with Gasteiger partial charge in [0, 0.05) is 0 Å². The fourth-order valence-corrected chi connectivity index (χ4v) is 4.56. The summed E-state index contributed by atoms with van der Waals surface area (Å²) in [6.45, 7) is 1.95. The van der Waals surface area contributed by atoms with E-state index in [9.17, 15) is 13.2 Å². The van der Waals surface area contributed by atoms with E-state index in [-0.39, 0.29) is 13.2 Å². The van der Waals surface area contributed by atoms with E-state index >= 15 is 0 Å². The van der Waals surface area contributed by atoms with Gasteiger partial charge in [0.05, 0.1) is 18.8 Å². The fraction of sp³-hybridized carbons (Fsp3) is 0.190. The number of fused-ring (bicyclic) bond motifs is 1. The standard InChI is InChI=1S/C21H19NO5S/c1-2-26-20(23)16-8-10-18(11-9-16)21(14-27-28(24,25)22-21)19-12-7-15-5-3-4-6-17(15)13-19/h3-13,22H,2,14H2,1H3/t21-/m0/s1. The lowest BCUT2D eigenvalue weighted by Gasteiger charge is -2.28. The Morgan fingerprint density at radius 3 is 2.36 bits per heavy atom. The molecule has 144 valence electrons. The molecule has 7 heteroatoms. The number of hydrogen-bond donors (Lipinski definition) is 1. The Balaban J connectivity index is 1.82. The maximum Gasteiger partial charge on any atom is 0.338 e. The van der Waals surface area contributed by atoms with E-state index in [1.54, 1.807) is 31.2 Å². The van der Waals surface area contributed by atoms with E-state index in [1.165, 1.54) is 0 Å². The van der Waals surface area contributed by atoms with Gasteiger partial charge in [-0.3, -0.25) is 4.18 Å². The van der Waals surface area contributed by atoms with Gasteiger partial charge in [0.25, 0.3) is 0 Å². The highest BCUT2D eigenvalue weighted by Gasteiger charge is 2.45. The third-order valence-electron chi connectivity index (χ3n) is 4.86. The van der Waals surface area contributed by atoms with Gasteiger partial charge in [0.15, 0.2) is 0 Å². The monoisotopic (exact) mass is 397 g/mol. The minimum absolute atomic E-state index is 0.0770. The van der Waals surface area contributed by atoms with Crippen LogP contribution in [0.15, 0.2) is 66.7 Å². The second-order valence-corrected chi connectivity index (χ2v) is 7.93. The zero-order valence-corrected chi connectivity index (χ0v) is 16.0. The number of esters is 1. The average Bonchev–Trinajstić information content (AvgIpc) is 3.04. The Kier molecular flexibility index (Phi) is 4.66. The average molecular weight is 397 g/mol. The molecule has 3 aromatic carbocycles. The summed E-state index contributed by atoms with van der Waals surface area (Å²) in [6.07, 6.45) is 0. The zero-order chi connectivity index (χ0) is 19.8. The molecule has 1 saturated heterocycles. The molecule has 0 aliphatic carbocycles. The summed E-state index contributed by atoms with van der Waals surface area (Å²) in [5, 5.41) is 2.05. The molecule has 0 spiro atoms. The number of ether oxygens (including phenoxy) is 1. The van der Waals surface area contributed by atoms with E-state index in [1.807, 2.05) is 42.5 Å². The lowest BCUT2D eigenvalue weighted by Crippen LogP contribution is -2.41. The van der Waals surface area contributed by atoms with Gasteiger partial charge < -0.3 is 4.74 Å². The molecule has 0 amide bonds. The highest BCUT2D eigenvalue weighted by molar-refractivity contribution is 7.85. The van der Waals surface area contributed by atoms with Crippen LogP contribution in [-0.2, 0) is 24.8 Å². The van der Waals surface area contributed by atoms with E-state index in [0.717, 1.165) is 16.3 Å². The van der Waals surface area contributed by atoms with Crippen molar-refractivity contribution in [1.82, 2.24) is 4.72 Å². The van der Waals surface area contributed by atoms with Crippen LogP contribution in [-0.4, -0.2) is 27.6 Å². The summed E-state index contributed by atoms with van der Waals surface area (Å²) in [5.74, 6) is -0.419. The third-order valence-corrected chi connectivity index (χ3v) is 5.89. The molecule has 1 heterocycles. The SMILES string of the molecule is CCOC(=O)c1ccc([C@]2(c3ccc4ccccc4c3)COS(=O)(=O)N2)cc1. The number of nitrogens with one attached hydrogen (secondary N) is 1. The highest BCUT2D eigenvalue weighted by Crippen LogP contribution is 2.37. The molecule has 4 rings (SSSR count). The van der Waals surface area contributed by atoms with Gasteiger partial charge in [-0.15, -0.1) is 0 Å². The van der Waals surface area contributed by atoms with Crippen molar-refractivity contribution in [2.24, 2.45) is 0 Å². The van der Waals surface area contributed by atoms with E-state index in [0.29, 0.717) is 11.1 Å². The van der Waals surface area contributed by atoms with Crippen LogP contribution in [0.2, 0.25) is 0 Å². The van der Waals surface area contributed by atoms with Gasteiger partial charge >= 0.3 is 16.3 Å². The zero-order valence-electron chi connectivity index (χ0n) is 15.2. The fourth-order valence-electron chi connectivity index (χ4n) is 3.45. The Bertz CT molecular complexity index is 1140. The molecular weight excluding hydrogens is 378 g/mol. The van der Waals surface area contributed by atoms with Crippen LogP contribution < -0.4 is 4.72 Å². The minimum atomic E-state index is -3.88. The van der Waals surface area contributed by atoms with Crippen LogP contribution in [0.4, 0.5) is 0 Å². The first-order valence-electron chi connectivity index (χ1n) is 8.89. The highest BCUT2D eigenvalue weighted by atomic mass is 32.2. The lowest BCUT2D eigenvalue weighted by atomic mass is 9.83. The maximum absolute atomic E-state index is 12.1. The van der Waals surface area contributed by atoms with E-state index < -0.39 is 21.8 Å². The van der Waals surface area contributed by atoms with Crippen molar-refractivity contribution < 1.29 is 22.1 Å². The Morgan fingerprint density at radius 1 is 1.04 bits per heavy atom. The van der Waals surface area contributed by atoms with Crippen molar-refractivity contribution in [3.05, 3.63) is 83.4 Å². The van der Waals surface area contributed by atoms with Crippen LogP contribution in [0.1, 0.15) is 28.4 Å². The van der Waals surface area contributed by atoms with Gasteiger partial charge in [-0.2, -0.15) is 13.1 Å². The Labute approximate surface area is 163 Å². The summed E-state index contributed by atoms with van der Waals surface area (Å²) >= 11 is 0. The predicted octanol–water partition coefficient (Wildman–Crippen LogP) is 3.12. The first kappa shape index (κ1) is 18.6. The summed E-state index contributed by atoms with van der Waals surface area (Å²) in [7, 11) is -3.88. The molecule has 28 heavy (non-hydrogen) atoms. The van der Waals surface area contributed by atoms with Gasteiger partial charge in [-0.05, 0) is 47.0 Å². The molecule has 1 aliphatic heterocycles. The van der Waals surface area contributed by atoms with Crippen LogP contribution in [0.3, 0.4) is 0 Å². The van der Waals surface area contributed by atoms with Crippen LogP contribution >= 0.6 is 0 Å².